The minimum atomic E-state index is 0.0799. The van der Waals surface area contributed by atoms with Crippen LogP contribution >= 0.6 is 11.3 Å². The number of thiazole rings is 1. The smallest absolute Gasteiger partial charge is 0.274 e. The number of hydrogen-bond acceptors (Lipinski definition) is 5. The van der Waals surface area contributed by atoms with Gasteiger partial charge in [0.1, 0.15) is 0 Å². The van der Waals surface area contributed by atoms with E-state index in [0.717, 1.165) is 43.3 Å². The van der Waals surface area contributed by atoms with Crippen molar-refractivity contribution in [1.29, 1.82) is 0 Å². The number of likely N-dealkylation sites (N-methyl/N-ethyl adjacent to an activating group) is 1. The standard InChI is InChI=1S/C25H33N5OS/c1-28-12-7-13-29(15-14-28)24(31)23-22(30-16-17-32-25(30)27-23)18-26-21-11-6-5-10-20(21)19-8-3-2-4-9-19/h2-4,8-9,16-17,20-21,26H,5-7,10-15,18H2,1H3/t20-,21+/m0/s1. The molecule has 2 atom stereocenters. The van der Waals surface area contributed by atoms with Crippen molar-refractivity contribution in [3.8, 4) is 0 Å². The van der Waals surface area contributed by atoms with Crippen LogP contribution in [-0.4, -0.2) is 64.4 Å². The molecule has 0 radical (unpaired) electrons. The van der Waals surface area contributed by atoms with E-state index in [9.17, 15) is 4.79 Å². The maximum absolute atomic E-state index is 13.5. The van der Waals surface area contributed by atoms with E-state index in [0.29, 0.717) is 24.2 Å². The van der Waals surface area contributed by atoms with Gasteiger partial charge in [-0.1, -0.05) is 43.2 Å². The number of nitrogens with zero attached hydrogens (tertiary/aromatic N) is 4. The number of nitrogens with one attached hydrogen (secondary N) is 1. The molecule has 3 heterocycles. The van der Waals surface area contributed by atoms with Crippen LogP contribution in [0.5, 0.6) is 0 Å². The molecule has 0 bridgehead atoms. The minimum absolute atomic E-state index is 0.0799. The summed E-state index contributed by atoms with van der Waals surface area (Å²) in [4.78, 5) is 23.5. The molecule has 170 valence electrons. The average Bonchev–Trinajstić information content (AvgIpc) is 3.35. The lowest BCUT2D eigenvalue weighted by Crippen LogP contribution is -2.38. The molecule has 1 aliphatic carbocycles. The number of carbonyl (C=O) groups excluding carboxylic acids is 1. The Morgan fingerprint density at radius 2 is 1.94 bits per heavy atom. The first-order chi connectivity index (χ1) is 15.7. The lowest BCUT2D eigenvalue weighted by Gasteiger charge is -2.33. The SMILES string of the molecule is CN1CCCN(C(=O)c2nc3sccn3c2CN[C@@H]2CCCC[C@H]2c2ccccc2)CC1. The lowest BCUT2D eigenvalue weighted by molar-refractivity contribution is 0.0756. The van der Waals surface area contributed by atoms with Crippen LogP contribution in [0.3, 0.4) is 0 Å². The van der Waals surface area contributed by atoms with E-state index in [2.05, 4.69) is 52.0 Å². The lowest BCUT2D eigenvalue weighted by atomic mass is 9.80. The highest BCUT2D eigenvalue weighted by Gasteiger charge is 2.29. The molecule has 0 spiro atoms. The highest BCUT2D eigenvalue weighted by Crippen LogP contribution is 2.33. The van der Waals surface area contributed by atoms with Crippen LogP contribution in [0, 0.1) is 0 Å². The summed E-state index contributed by atoms with van der Waals surface area (Å²) >= 11 is 1.59. The molecule has 2 aliphatic rings. The molecule has 32 heavy (non-hydrogen) atoms. The van der Waals surface area contributed by atoms with Gasteiger partial charge < -0.3 is 15.1 Å². The van der Waals surface area contributed by atoms with Gasteiger partial charge in [0.2, 0.25) is 0 Å². The number of amides is 1. The Morgan fingerprint density at radius 3 is 2.81 bits per heavy atom. The second-order valence-corrected chi connectivity index (χ2v) is 10.1. The molecule has 7 heteroatoms. The molecule has 1 amide bonds. The van der Waals surface area contributed by atoms with Crippen molar-refractivity contribution >= 4 is 22.2 Å². The van der Waals surface area contributed by atoms with Crippen LogP contribution in [0.15, 0.2) is 41.9 Å². The Morgan fingerprint density at radius 1 is 1.09 bits per heavy atom. The molecule has 1 aliphatic heterocycles. The maximum atomic E-state index is 13.5. The number of rotatable bonds is 5. The van der Waals surface area contributed by atoms with Gasteiger partial charge in [0.25, 0.3) is 5.91 Å². The van der Waals surface area contributed by atoms with E-state index >= 15 is 0 Å². The van der Waals surface area contributed by atoms with Gasteiger partial charge in [0.05, 0.1) is 5.69 Å². The molecular weight excluding hydrogens is 418 g/mol. The van der Waals surface area contributed by atoms with Gasteiger partial charge in [-0.3, -0.25) is 9.20 Å². The summed E-state index contributed by atoms with van der Waals surface area (Å²) in [6.45, 7) is 4.20. The highest BCUT2D eigenvalue weighted by atomic mass is 32.1. The van der Waals surface area contributed by atoms with Crippen molar-refractivity contribution < 1.29 is 4.79 Å². The molecule has 1 saturated carbocycles. The van der Waals surface area contributed by atoms with Gasteiger partial charge in [0, 0.05) is 43.8 Å². The van der Waals surface area contributed by atoms with Crippen LogP contribution in [-0.2, 0) is 6.54 Å². The Bertz CT molecular complexity index is 1050. The zero-order valence-electron chi connectivity index (χ0n) is 18.9. The Hall–Kier alpha value is -2.22. The summed E-state index contributed by atoms with van der Waals surface area (Å²) in [6.07, 6.45) is 7.99. The predicted octanol–water partition coefficient (Wildman–Crippen LogP) is 3.99. The van der Waals surface area contributed by atoms with Gasteiger partial charge in [0.15, 0.2) is 10.7 Å². The summed E-state index contributed by atoms with van der Waals surface area (Å²) in [5.41, 5.74) is 3.05. The number of hydrogen-bond donors (Lipinski definition) is 1. The zero-order chi connectivity index (χ0) is 21.9. The summed E-state index contributed by atoms with van der Waals surface area (Å²) in [5, 5.41) is 5.89. The fourth-order valence-electron chi connectivity index (χ4n) is 5.27. The highest BCUT2D eigenvalue weighted by molar-refractivity contribution is 7.15. The fourth-order valence-corrected chi connectivity index (χ4v) is 6.01. The number of benzene rings is 1. The predicted molar refractivity (Wildman–Crippen MR) is 129 cm³/mol. The molecule has 5 rings (SSSR count). The van der Waals surface area contributed by atoms with Crippen molar-refractivity contribution in [2.24, 2.45) is 0 Å². The summed E-state index contributed by atoms with van der Waals surface area (Å²) in [7, 11) is 2.13. The van der Waals surface area contributed by atoms with Gasteiger partial charge in [-0.15, -0.1) is 11.3 Å². The topological polar surface area (TPSA) is 52.9 Å². The second-order valence-electron chi connectivity index (χ2n) is 9.20. The molecule has 1 N–H and O–H groups in total. The first-order valence-corrected chi connectivity index (χ1v) is 12.8. The van der Waals surface area contributed by atoms with Gasteiger partial charge in [-0.05, 0) is 44.3 Å². The minimum Gasteiger partial charge on any atom is -0.336 e. The molecule has 1 aromatic carbocycles. The summed E-state index contributed by atoms with van der Waals surface area (Å²) in [5.74, 6) is 0.604. The van der Waals surface area contributed by atoms with Crippen LogP contribution < -0.4 is 5.32 Å². The van der Waals surface area contributed by atoms with E-state index in [-0.39, 0.29) is 5.91 Å². The van der Waals surface area contributed by atoms with Crippen LogP contribution in [0.4, 0.5) is 0 Å². The molecule has 3 aromatic rings. The molecule has 0 unspecified atom stereocenters. The van der Waals surface area contributed by atoms with E-state index in [1.807, 2.05) is 16.5 Å². The number of aromatic nitrogens is 2. The number of fused-ring (bicyclic) bond motifs is 1. The molecular formula is C25H33N5OS. The first-order valence-electron chi connectivity index (χ1n) is 11.9. The van der Waals surface area contributed by atoms with Crippen molar-refractivity contribution in [2.75, 3.05) is 33.2 Å². The van der Waals surface area contributed by atoms with Crippen molar-refractivity contribution in [3.63, 3.8) is 0 Å². The largest absolute Gasteiger partial charge is 0.336 e. The molecule has 6 nitrogen and oxygen atoms in total. The zero-order valence-corrected chi connectivity index (χ0v) is 19.7. The molecule has 2 fully saturated rings. The maximum Gasteiger partial charge on any atom is 0.274 e. The van der Waals surface area contributed by atoms with Crippen molar-refractivity contribution in [2.45, 2.75) is 50.6 Å². The Balaban J connectivity index is 1.37. The number of imidazole rings is 1. The summed E-state index contributed by atoms with van der Waals surface area (Å²) in [6, 6.07) is 11.3. The third-order valence-corrected chi connectivity index (χ3v) is 7.85. The normalized spacial score (nSPS) is 22.8. The van der Waals surface area contributed by atoms with Gasteiger partial charge in [-0.25, -0.2) is 4.98 Å². The Kier molecular flexibility index (Phi) is 6.57. The van der Waals surface area contributed by atoms with Crippen LogP contribution in [0.25, 0.3) is 4.96 Å². The quantitative estimate of drug-likeness (QED) is 0.637. The van der Waals surface area contributed by atoms with E-state index in [1.54, 1.807) is 11.3 Å². The Labute approximate surface area is 194 Å². The first kappa shape index (κ1) is 21.6. The van der Waals surface area contributed by atoms with E-state index in [4.69, 9.17) is 4.98 Å². The van der Waals surface area contributed by atoms with Crippen molar-refractivity contribution in [3.05, 3.63) is 58.9 Å². The van der Waals surface area contributed by atoms with Crippen LogP contribution in [0.2, 0.25) is 0 Å². The van der Waals surface area contributed by atoms with Gasteiger partial charge in [-0.2, -0.15) is 0 Å². The molecule has 2 aromatic heterocycles. The fraction of sp³-hybridized carbons (Fsp3) is 0.520. The van der Waals surface area contributed by atoms with Crippen molar-refractivity contribution in [1.82, 2.24) is 24.5 Å². The van der Waals surface area contributed by atoms with Gasteiger partial charge >= 0.3 is 0 Å². The molecule has 1 saturated heterocycles. The third kappa shape index (κ3) is 4.47. The second kappa shape index (κ2) is 9.73. The van der Waals surface area contributed by atoms with E-state index < -0.39 is 0 Å². The van der Waals surface area contributed by atoms with E-state index in [1.165, 1.54) is 31.2 Å². The average molecular weight is 452 g/mol. The summed E-state index contributed by atoms with van der Waals surface area (Å²) < 4.78 is 2.11. The van der Waals surface area contributed by atoms with Crippen LogP contribution in [0.1, 0.15) is 59.8 Å². The monoisotopic (exact) mass is 451 g/mol. The number of carbonyl (C=O) groups is 1. The third-order valence-electron chi connectivity index (χ3n) is 7.10.